The van der Waals surface area contributed by atoms with E-state index in [1.54, 1.807) is 6.07 Å². The molecule has 1 saturated heterocycles. The molecule has 1 N–H and O–H groups in total. The van der Waals surface area contributed by atoms with Gasteiger partial charge in [-0.25, -0.2) is 9.18 Å². The molecule has 1 aliphatic heterocycles. The summed E-state index contributed by atoms with van der Waals surface area (Å²) in [6.07, 6.45) is 5.03. The Bertz CT molecular complexity index is 651. The SMILES string of the molecule is O=C(CN1C(=O)NC2(CCCCCC2)C1=O)c1ccccc1F. The number of hydrogen-bond donors (Lipinski definition) is 1. The van der Waals surface area contributed by atoms with Crippen LogP contribution in [-0.4, -0.2) is 34.7 Å². The number of benzene rings is 1. The van der Waals surface area contributed by atoms with E-state index >= 15 is 0 Å². The summed E-state index contributed by atoms with van der Waals surface area (Å²) in [4.78, 5) is 38.0. The Labute approximate surface area is 133 Å². The molecule has 0 aromatic heterocycles. The van der Waals surface area contributed by atoms with Crippen molar-refractivity contribution in [3.05, 3.63) is 35.6 Å². The lowest BCUT2D eigenvalue weighted by molar-refractivity contribution is -0.131. The van der Waals surface area contributed by atoms with Gasteiger partial charge in [-0.05, 0) is 25.0 Å². The van der Waals surface area contributed by atoms with Crippen LogP contribution < -0.4 is 5.32 Å². The number of rotatable bonds is 3. The Morgan fingerprint density at radius 1 is 1.13 bits per heavy atom. The molecule has 3 amide bonds. The van der Waals surface area contributed by atoms with Crippen molar-refractivity contribution in [1.29, 1.82) is 0 Å². The van der Waals surface area contributed by atoms with E-state index in [1.165, 1.54) is 18.2 Å². The molecule has 3 rings (SSSR count). The summed E-state index contributed by atoms with van der Waals surface area (Å²) in [6, 6.07) is 5.03. The van der Waals surface area contributed by atoms with Crippen LogP contribution >= 0.6 is 0 Å². The number of nitrogens with zero attached hydrogens (tertiary/aromatic N) is 1. The van der Waals surface area contributed by atoms with Crippen LogP contribution in [0.25, 0.3) is 0 Å². The highest BCUT2D eigenvalue weighted by atomic mass is 19.1. The maximum Gasteiger partial charge on any atom is 0.325 e. The van der Waals surface area contributed by atoms with Gasteiger partial charge in [-0.3, -0.25) is 14.5 Å². The van der Waals surface area contributed by atoms with Crippen LogP contribution in [0.3, 0.4) is 0 Å². The minimum absolute atomic E-state index is 0.102. The first-order chi connectivity index (χ1) is 11.0. The highest BCUT2D eigenvalue weighted by Gasteiger charge is 2.51. The molecular formula is C17H19FN2O3. The Kier molecular flexibility index (Phi) is 4.15. The van der Waals surface area contributed by atoms with E-state index < -0.39 is 29.7 Å². The van der Waals surface area contributed by atoms with Crippen molar-refractivity contribution in [2.24, 2.45) is 0 Å². The molecule has 1 spiro atoms. The highest BCUT2D eigenvalue weighted by molar-refractivity contribution is 6.11. The third kappa shape index (κ3) is 2.85. The maximum absolute atomic E-state index is 13.7. The largest absolute Gasteiger partial charge is 0.325 e. The number of imide groups is 1. The average molecular weight is 318 g/mol. The Morgan fingerprint density at radius 2 is 1.78 bits per heavy atom. The molecule has 1 aromatic rings. The van der Waals surface area contributed by atoms with Crippen LogP contribution in [-0.2, 0) is 4.79 Å². The van der Waals surface area contributed by atoms with Crippen molar-refractivity contribution in [3.8, 4) is 0 Å². The minimum atomic E-state index is -0.872. The van der Waals surface area contributed by atoms with Crippen LogP contribution in [0.15, 0.2) is 24.3 Å². The van der Waals surface area contributed by atoms with Gasteiger partial charge < -0.3 is 5.32 Å². The molecule has 2 fully saturated rings. The first kappa shape index (κ1) is 15.6. The van der Waals surface area contributed by atoms with E-state index in [2.05, 4.69) is 5.32 Å². The summed E-state index contributed by atoms with van der Waals surface area (Å²) in [7, 11) is 0. The summed E-state index contributed by atoms with van der Waals surface area (Å²) in [5.41, 5.74) is -0.974. The number of hydrogen-bond acceptors (Lipinski definition) is 3. The van der Waals surface area contributed by atoms with E-state index in [0.717, 1.165) is 30.6 Å². The van der Waals surface area contributed by atoms with Crippen molar-refractivity contribution in [2.75, 3.05) is 6.54 Å². The molecule has 1 saturated carbocycles. The zero-order chi connectivity index (χ0) is 16.4. The fourth-order valence-corrected chi connectivity index (χ4v) is 3.41. The molecule has 1 aliphatic carbocycles. The smallest absolute Gasteiger partial charge is 0.323 e. The maximum atomic E-state index is 13.7. The van der Waals surface area contributed by atoms with Crippen molar-refractivity contribution >= 4 is 17.7 Å². The lowest BCUT2D eigenvalue weighted by atomic mass is 9.90. The number of carbonyl (C=O) groups is 3. The molecule has 1 aromatic carbocycles. The number of nitrogens with one attached hydrogen (secondary N) is 1. The van der Waals surface area contributed by atoms with Gasteiger partial charge in [0, 0.05) is 0 Å². The first-order valence-corrected chi connectivity index (χ1v) is 7.95. The summed E-state index contributed by atoms with van der Waals surface area (Å²) in [6.45, 7) is -0.423. The normalized spacial score (nSPS) is 20.5. The molecule has 2 aliphatic rings. The van der Waals surface area contributed by atoms with E-state index in [0.29, 0.717) is 12.8 Å². The Hall–Kier alpha value is -2.24. The quantitative estimate of drug-likeness (QED) is 0.688. The van der Waals surface area contributed by atoms with Crippen LogP contribution in [0.5, 0.6) is 0 Å². The number of amides is 3. The molecule has 5 nitrogen and oxygen atoms in total. The van der Waals surface area contributed by atoms with Gasteiger partial charge >= 0.3 is 6.03 Å². The standard InChI is InChI=1S/C17H19FN2O3/c18-13-8-4-3-7-12(13)14(21)11-20-15(22)17(19-16(20)23)9-5-1-2-6-10-17/h3-4,7-8H,1-2,5-6,9-11H2,(H,19,23). The number of urea groups is 1. The van der Waals surface area contributed by atoms with Crippen molar-refractivity contribution in [3.63, 3.8) is 0 Å². The summed E-state index contributed by atoms with van der Waals surface area (Å²) in [5, 5.41) is 2.77. The third-order valence-electron chi connectivity index (χ3n) is 4.68. The summed E-state index contributed by atoms with van der Waals surface area (Å²) < 4.78 is 13.7. The van der Waals surface area contributed by atoms with Gasteiger partial charge in [-0.15, -0.1) is 0 Å². The molecule has 23 heavy (non-hydrogen) atoms. The minimum Gasteiger partial charge on any atom is -0.323 e. The van der Waals surface area contributed by atoms with E-state index in [1.807, 2.05) is 0 Å². The molecular weight excluding hydrogens is 299 g/mol. The van der Waals surface area contributed by atoms with Gasteiger partial charge in [-0.1, -0.05) is 37.8 Å². The van der Waals surface area contributed by atoms with E-state index in [-0.39, 0.29) is 11.5 Å². The monoisotopic (exact) mass is 318 g/mol. The molecule has 6 heteroatoms. The van der Waals surface area contributed by atoms with Crippen molar-refractivity contribution < 1.29 is 18.8 Å². The molecule has 0 bridgehead atoms. The van der Waals surface area contributed by atoms with Gasteiger partial charge in [0.2, 0.25) is 0 Å². The fraction of sp³-hybridized carbons (Fsp3) is 0.471. The Balaban J connectivity index is 1.78. The predicted molar refractivity (Wildman–Crippen MR) is 81.4 cm³/mol. The molecule has 1 heterocycles. The number of carbonyl (C=O) groups excluding carboxylic acids is 3. The van der Waals surface area contributed by atoms with E-state index in [9.17, 15) is 18.8 Å². The molecule has 0 atom stereocenters. The van der Waals surface area contributed by atoms with Crippen LogP contribution in [0.1, 0.15) is 48.9 Å². The predicted octanol–water partition coefficient (Wildman–Crippen LogP) is 2.65. The second kappa shape index (κ2) is 6.10. The van der Waals surface area contributed by atoms with Crippen LogP contribution in [0.4, 0.5) is 9.18 Å². The summed E-state index contributed by atoms with van der Waals surface area (Å²) >= 11 is 0. The van der Waals surface area contributed by atoms with Gasteiger partial charge in [-0.2, -0.15) is 0 Å². The van der Waals surface area contributed by atoms with Crippen molar-refractivity contribution in [1.82, 2.24) is 10.2 Å². The first-order valence-electron chi connectivity index (χ1n) is 7.95. The lowest BCUT2D eigenvalue weighted by Crippen LogP contribution is -2.46. The number of ketones is 1. The Morgan fingerprint density at radius 3 is 2.43 bits per heavy atom. The number of halogens is 1. The average Bonchev–Trinajstić information content (AvgIpc) is 2.72. The van der Waals surface area contributed by atoms with Gasteiger partial charge in [0.25, 0.3) is 5.91 Å². The second-order valence-electron chi connectivity index (χ2n) is 6.22. The fourth-order valence-electron chi connectivity index (χ4n) is 3.41. The molecule has 0 unspecified atom stereocenters. The summed E-state index contributed by atoms with van der Waals surface area (Å²) in [5.74, 6) is -1.57. The van der Waals surface area contributed by atoms with E-state index in [4.69, 9.17) is 0 Å². The van der Waals surface area contributed by atoms with Crippen LogP contribution in [0, 0.1) is 5.82 Å². The topological polar surface area (TPSA) is 66.5 Å². The zero-order valence-electron chi connectivity index (χ0n) is 12.8. The van der Waals surface area contributed by atoms with Crippen LogP contribution in [0.2, 0.25) is 0 Å². The van der Waals surface area contributed by atoms with Crippen molar-refractivity contribution in [2.45, 2.75) is 44.1 Å². The van der Waals surface area contributed by atoms with Gasteiger partial charge in [0.15, 0.2) is 5.78 Å². The molecule has 122 valence electrons. The van der Waals surface area contributed by atoms with Gasteiger partial charge in [0.05, 0.1) is 12.1 Å². The second-order valence-corrected chi connectivity index (χ2v) is 6.22. The number of Topliss-reactive ketones (excluding diaryl/α,β-unsaturated/α-hetero) is 1. The molecule has 0 radical (unpaired) electrons. The highest BCUT2D eigenvalue weighted by Crippen LogP contribution is 2.32. The zero-order valence-corrected chi connectivity index (χ0v) is 12.8. The van der Waals surface area contributed by atoms with Gasteiger partial charge in [0.1, 0.15) is 11.4 Å². The lowest BCUT2D eigenvalue weighted by Gasteiger charge is -2.24. The third-order valence-corrected chi connectivity index (χ3v) is 4.68.